The molecule has 5 aromatic rings. The fourth-order valence-electron chi connectivity index (χ4n) is 9.57. The Hall–Kier alpha value is -5.32. The van der Waals surface area contributed by atoms with E-state index in [9.17, 15) is 24.9 Å². The number of nitrogens with zero attached hydrogens (tertiary/aromatic N) is 3. The van der Waals surface area contributed by atoms with E-state index in [2.05, 4.69) is 23.1 Å². The van der Waals surface area contributed by atoms with Gasteiger partial charge in [0.2, 0.25) is 0 Å². The van der Waals surface area contributed by atoms with Gasteiger partial charge in [-0.2, -0.15) is 0 Å². The minimum Gasteiger partial charge on any atom is -0.481 e. The van der Waals surface area contributed by atoms with E-state index in [1.54, 1.807) is 30.9 Å². The number of ether oxygens (including phenoxy) is 1. The fourth-order valence-corrected chi connectivity index (χ4v) is 9.77. The Bertz CT molecular complexity index is 2330. The summed E-state index contributed by atoms with van der Waals surface area (Å²) in [7, 11) is 0. The van der Waals surface area contributed by atoms with E-state index in [4.69, 9.17) is 21.3 Å². The van der Waals surface area contributed by atoms with E-state index in [0.717, 1.165) is 97.6 Å². The standard InChI is InChI=1S/C32H39NO4.C22H23ClN2O2/c1-31(2,30(35)36)25-17-15-24(16-18-25)29(34)14-9-21-33-22-19-28(20-23-33)32(37,26-10-5-3-6-11-26)27-12-7-4-8-13-27;1-2-27-22(26)25-12-9-15(10-13-25)20-19-8-7-18(23)14-17(19)6-5-16-4-3-11-24-21(16)20/h3-8,10-13,15-18,28-29,34,37H,9,14,19-23H2,1-2H3,(H,35,36);3-4,7-8,11,14H,2,5-6,9-10,12-13H2,1H3. The third-order valence-corrected chi connectivity index (χ3v) is 13.7. The highest BCUT2D eigenvalue weighted by molar-refractivity contribution is 6.30. The third kappa shape index (κ3) is 10.6. The van der Waals surface area contributed by atoms with Gasteiger partial charge < -0.3 is 29.9 Å². The summed E-state index contributed by atoms with van der Waals surface area (Å²) in [5.41, 5.74) is 8.93. The van der Waals surface area contributed by atoms with Gasteiger partial charge in [-0.3, -0.25) is 9.78 Å². The Balaban J connectivity index is 0.000000201. The van der Waals surface area contributed by atoms with Crippen LogP contribution in [-0.2, 0) is 33.4 Å². The van der Waals surface area contributed by atoms with Crippen LogP contribution in [0.2, 0.25) is 5.02 Å². The van der Waals surface area contributed by atoms with Crippen molar-refractivity contribution in [1.29, 1.82) is 0 Å². The summed E-state index contributed by atoms with van der Waals surface area (Å²) in [6.45, 7) is 9.73. The third-order valence-electron chi connectivity index (χ3n) is 13.5. The molecule has 1 aliphatic carbocycles. The number of aryl methyl sites for hydroxylation is 2. The van der Waals surface area contributed by atoms with Gasteiger partial charge >= 0.3 is 12.1 Å². The minimum atomic E-state index is -1.01. The van der Waals surface area contributed by atoms with E-state index in [0.29, 0.717) is 26.1 Å². The zero-order chi connectivity index (χ0) is 45.3. The molecule has 1 aromatic heterocycles. The number of carbonyl (C=O) groups is 2. The molecule has 2 aliphatic heterocycles. The predicted molar refractivity (Wildman–Crippen MR) is 253 cm³/mol. The van der Waals surface area contributed by atoms with E-state index in [1.807, 2.05) is 98.0 Å². The molecule has 336 valence electrons. The van der Waals surface area contributed by atoms with Gasteiger partial charge in [-0.05, 0) is 155 Å². The lowest BCUT2D eigenvalue weighted by molar-refractivity contribution is -0.142. The molecular formula is C54H62ClN3O6. The van der Waals surface area contributed by atoms with Gasteiger partial charge in [0.15, 0.2) is 0 Å². The highest BCUT2D eigenvalue weighted by atomic mass is 35.5. The summed E-state index contributed by atoms with van der Waals surface area (Å²) in [4.78, 5) is 32.5. The Morgan fingerprint density at radius 1 is 0.797 bits per heavy atom. The van der Waals surface area contributed by atoms with Crippen LogP contribution < -0.4 is 0 Å². The molecule has 9 nitrogen and oxygen atoms in total. The van der Waals surface area contributed by atoms with Crippen molar-refractivity contribution in [3.8, 4) is 0 Å². The van der Waals surface area contributed by atoms with Crippen LogP contribution in [0.3, 0.4) is 0 Å². The predicted octanol–water partition coefficient (Wildman–Crippen LogP) is 10.4. The van der Waals surface area contributed by atoms with E-state index in [-0.39, 0.29) is 12.0 Å². The summed E-state index contributed by atoms with van der Waals surface area (Å²) < 4.78 is 5.15. The normalized spacial score (nSPS) is 16.4. The van der Waals surface area contributed by atoms with Crippen molar-refractivity contribution in [2.75, 3.05) is 39.3 Å². The second-order valence-electron chi connectivity index (χ2n) is 17.8. The number of rotatable bonds is 11. The summed E-state index contributed by atoms with van der Waals surface area (Å²) in [6.07, 6.45) is 8.02. The Labute approximate surface area is 383 Å². The average molecular weight is 885 g/mol. The zero-order valence-electron chi connectivity index (χ0n) is 37.4. The van der Waals surface area contributed by atoms with Crippen LogP contribution in [-0.4, -0.2) is 81.5 Å². The van der Waals surface area contributed by atoms with Crippen LogP contribution in [0.15, 0.2) is 127 Å². The van der Waals surface area contributed by atoms with Crippen LogP contribution in [0, 0.1) is 5.92 Å². The van der Waals surface area contributed by atoms with E-state index < -0.39 is 23.1 Å². The molecule has 0 bridgehead atoms. The van der Waals surface area contributed by atoms with E-state index >= 15 is 0 Å². The van der Waals surface area contributed by atoms with Gasteiger partial charge in [0, 0.05) is 29.9 Å². The molecule has 64 heavy (non-hydrogen) atoms. The Morgan fingerprint density at radius 2 is 1.42 bits per heavy atom. The van der Waals surface area contributed by atoms with Gasteiger partial charge in [-0.15, -0.1) is 0 Å². The smallest absolute Gasteiger partial charge is 0.409 e. The Morgan fingerprint density at radius 3 is 2.03 bits per heavy atom. The first-order valence-corrected chi connectivity index (χ1v) is 23.2. The second-order valence-corrected chi connectivity index (χ2v) is 18.2. The number of halogens is 1. The lowest BCUT2D eigenvalue weighted by atomic mass is 9.72. The first-order valence-electron chi connectivity index (χ1n) is 22.8. The maximum absolute atomic E-state index is 12.1. The molecule has 1 atom stereocenters. The molecule has 1 unspecified atom stereocenters. The van der Waals surface area contributed by atoms with Gasteiger partial charge in [-0.25, -0.2) is 4.79 Å². The SMILES string of the molecule is CC(C)(C(=O)O)c1ccc(C(O)CCCN2CCC(C(O)(c3ccccc3)c3ccccc3)CC2)cc1.CCOC(=O)N1CCC(=C2c3ccc(Cl)cc3CCc3cccnc32)CC1. The molecule has 10 heteroatoms. The molecule has 0 spiro atoms. The summed E-state index contributed by atoms with van der Waals surface area (Å²) in [6, 6.07) is 37.7. The second kappa shape index (κ2) is 21.1. The largest absolute Gasteiger partial charge is 0.481 e. The van der Waals surface area contributed by atoms with Gasteiger partial charge in [0.05, 0.1) is 23.8 Å². The number of aliphatic hydroxyl groups excluding tert-OH is 1. The number of carboxylic acids is 1. The summed E-state index contributed by atoms with van der Waals surface area (Å²) in [5, 5.41) is 32.9. The molecule has 1 amide bonds. The number of carboxylic acid groups (broad SMARTS) is 1. The first-order chi connectivity index (χ1) is 30.9. The number of hydrogen-bond acceptors (Lipinski definition) is 7. The number of aliphatic hydroxyl groups is 2. The number of benzene rings is 4. The number of aliphatic carboxylic acids is 1. The highest BCUT2D eigenvalue weighted by Crippen LogP contribution is 2.42. The lowest BCUT2D eigenvalue weighted by Crippen LogP contribution is -2.44. The van der Waals surface area contributed by atoms with Crippen molar-refractivity contribution in [3.05, 3.63) is 177 Å². The van der Waals surface area contributed by atoms with Crippen molar-refractivity contribution >= 4 is 29.2 Å². The number of piperidine rings is 2. The molecule has 2 saturated heterocycles. The highest BCUT2D eigenvalue weighted by Gasteiger charge is 2.41. The van der Waals surface area contributed by atoms with Crippen molar-refractivity contribution < 1.29 is 29.6 Å². The van der Waals surface area contributed by atoms with Gasteiger partial charge in [0.1, 0.15) is 5.60 Å². The number of hydrogen-bond donors (Lipinski definition) is 3. The lowest BCUT2D eigenvalue weighted by Gasteiger charge is -2.42. The van der Waals surface area contributed by atoms with Crippen LogP contribution in [0.5, 0.6) is 0 Å². The molecule has 8 rings (SSSR count). The topological polar surface area (TPSA) is 123 Å². The molecule has 2 fully saturated rings. The van der Waals surface area contributed by atoms with E-state index in [1.165, 1.54) is 27.8 Å². The number of amides is 1. The molecule has 3 N–H and O–H groups in total. The van der Waals surface area contributed by atoms with Gasteiger partial charge in [-0.1, -0.05) is 114 Å². The average Bonchev–Trinajstić information content (AvgIpc) is 3.49. The van der Waals surface area contributed by atoms with Crippen LogP contribution in [0.25, 0.3) is 5.57 Å². The van der Waals surface area contributed by atoms with Crippen molar-refractivity contribution in [1.82, 2.24) is 14.8 Å². The van der Waals surface area contributed by atoms with Crippen LogP contribution >= 0.6 is 11.6 Å². The quantitative estimate of drug-likeness (QED) is 0.120. The maximum atomic E-state index is 12.1. The number of carbonyl (C=O) groups excluding carboxylic acids is 1. The zero-order valence-corrected chi connectivity index (χ0v) is 38.1. The van der Waals surface area contributed by atoms with Crippen molar-refractivity contribution in [2.24, 2.45) is 5.92 Å². The number of aromatic nitrogens is 1. The van der Waals surface area contributed by atoms with Crippen LogP contribution in [0.1, 0.15) is 110 Å². The molecule has 0 saturated carbocycles. The minimum absolute atomic E-state index is 0.132. The number of fused-ring (bicyclic) bond motifs is 2. The molecule has 4 aromatic carbocycles. The monoisotopic (exact) mass is 883 g/mol. The molecule has 0 radical (unpaired) electrons. The van der Waals surface area contributed by atoms with Crippen LogP contribution in [0.4, 0.5) is 4.79 Å². The molecular weight excluding hydrogens is 822 g/mol. The molecule has 3 heterocycles. The first kappa shape index (κ1) is 46.7. The van der Waals surface area contributed by atoms with Crippen molar-refractivity contribution in [3.63, 3.8) is 0 Å². The van der Waals surface area contributed by atoms with Crippen molar-refractivity contribution in [2.45, 2.75) is 89.3 Å². The Kier molecular flexibility index (Phi) is 15.4. The van der Waals surface area contributed by atoms with Gasteiger partial charge in [0.25, 0.3) is 0 Å². The number of likely N-dealkylation sites (tertiary alicyclic amines) is 2. The summed E-state index contributed by atoms with van der Waals surface area (Å²) in [5.74, 6) is -0.733. The number of pyridine rings is 1. The fraction of sp³-hybridized carbons (Fsp3) is 0.389. The molecule has 3 aliphatic rings. The maximum Gasteiger partial charge on any atom is 0.409 e. The summed E-state index contributed by atoms with van der Waals surface area (Å²) >= 11 is 6.27.